The maximum atomic E-state index is 12.8. The van der Waals surface area contributed by atoms with E-state index >= 15 is 0 Å². The van der Waals surface area contributed by atoms with Crippen molar-refractivity contribution in [2.75, 3.05) is 12.4 Å². The van der Waals surface area contributed by atoms with Gasteiger partial charge < -0.3 is 14.8 Å². The number of carbonyl (C=O) groups is 1. The Bertz CT molecular complexity index is 1340. The van der Waals surface area contributed by atoms with Crippen LogP contribution in [0.1, 0.15) is 10.4 Å². The molecule has 0 aliphatic heterocycles. The number of carbonyl (C=O) groups excluding carboxylic acids is 1. The number of amides is 1. The predicted octanol–water partition coefficient (Wildman–Crippen LogP) is 5.85. The number of anilines is 1. The van der Waals surface area contributed by atoms with Crippen LogP contribution in [0.25, 0.3) is 10.9 Å². The number of nitrogens with one attached hydrogen (secondary N) is 1. The molecule has 1 amide bonds. The van der Waals surface area contributed by atoms with E-state index < -0.39 is 4.92 Å². The summed E-state index contributed by atoms with van der Waals surface area (Å²) in [7, 11) is 1.41. The number of ether oxygens (including phenoxy) is 2. The minimum atomic E-state index is -0.590. The average molecular weight is 450 g/mol. The van der Waals surface area contributed by atoms with Gasteiger partial charge in [-0.2, -0.15) is 0 Å². The van der Waals surface area contributed by atoms with E-state index in [4.69, 9.17) is 21.1 Å². The highest BCUT2D eigenvalue weighted by atomic mass is 35.5. The van der Waals surface area contributed by atoms with E-state index in [1.165, 1.54) is 43.5 Å². The third-order valence-corrected chi connectivity index (χ3v) is 4.88. The Morgan fingerprint density at radius 2 is 1.81 bits per heavy atom. The summed E-state index contributed by atoms with van der Waals surface area (Å²) in [5.41, 5.74) is 1.27. The van der Waals surface area contributed by atoms with Crippen molar-refractivity contribution in [2.45, 2.75) is 0 Å². The van der Waals surface area contributed by atoms with Crippen LogP contribution in [-0.4, -0.2) is 22.9 Å². The second-order valence-electron chi connectivity index (χ2n) is 6.67. The fourth-order valence-corrected chi connectivity index (χ4v) is 3.30. The number of aromatic nitrogens is 1. The quantitative estimate of drug-likeness (QED) is 0.292. The molecule has 0 saturated heterocycles. The molecule has 0 aliphatic rings. The highest BCUT2D eigenvalue weighted by Gasteiger charge is 2.19. The molecular weight excluding hydrogens is 434 g/mol. The number of methoxy groups -OCH3 is 1. The van der Waals surface area contributed by atoms with Crippen LogP contribution in [0.3, 0.4) is 0 Å². The maximum Gasteiger partial charge on any atom is 0.313 e. The van der Waals surface area contributed by atoms with E-state index in [0.717, 1.165) is 5.39 Å². The smallest absolute Gasteiger partial charge is 0.313 e. The summed E-state index contributed by atoms with van der Waals surface area (Å²) in [6.07, 6.45) is 1.66. The van der Waals surface area contributed by atoms with Crippen LogP contribution in [0, 0.1) is 10.1 Å². The minimum Gasteiger partial charge on any atom is -0.493 e. The van der Waals surface area contributed by atoms with Gasteiger partial charge in [0.2, 0.25) is 5.75 Å². The summed E-state index contributed by atoms with van der Waals surface area (Å²) in [6.45, 7) is 0. The molecule has 0 unspecified atom stereocenters. The van der Waals surface area contributed by atoms with Gasteiger partial charge in [-0.05, 0) is 42.5 Å². The van der Waals surface area contributed by atoms with Crippen LogP contribution in [0.5, 0.6) is 17.2 Å². The molecule has 9 heteroatoms. The van der Waals surface area contributed by atoms with Gasteiger partial charge in [0.15, 0.2) is 11.5 Å². The van der Waals surface area contributed by atoms with Crippen molar-refractivity contribution in [3.05, 3.63) is 93.6 Å². The van der Waals surface area contributed by atoms with Gasteiger partial charge in [0.25, 0.3) is 5.91 Å². The zero-order valence-electron chi connectivity index (χ0n) is 16.7. The summed E-state index contributed by atoms with van der Waals surface area (Å²) in [5, 5.41) is 15.3. The van der Waals surface area contributed by atoms with Gasteiger partial charge in [-0.15, -0.1) is 0 Å². The first-order chi connectivity index (χ1) is 15.5. The van der Waals surface area contributed by atoms with Crippen molar-refractivity contribution in [1.82, 2.24) is 4.98 Å². The van der Waals surface area contributed by atoms with Gasteiger partial charge in [0, 0.05) is 28.2 Å². The SMILES string of the molecule is COc1cc(C(=O)Nc2cccc3cccnc23)ccc1Oc1ccc(Cl)cc1[N+](=O)[O-]. The highest BCUT2D eigenvalue weighted by Crippen LogP contribution is 2.38. The summed E-state index contributed by atoms with van der Waals surface area (Å²) in [6, 6.07) is 17.8. The molecule has 1 N–H and O–H groups in total. The lowest BCUT2D eigenvalue weighted by molar-refractivity contribution is -0.385. The number of halogens is 1. The summed E-state index contributed by atoms with van der Waals surface area (Å²) in [4.78, 5) is 27.9. The molecule has 4 aromatic rings. The minimum absolute atomic E-state index is 0.00303. The Kier molecular flexibility index (Phi) is 5.87. The van der Waals surface area contributed by atoms with Crippen molar-refractivity contribution in [3.63, 3.8) is 0 Å². The Morgan fingerprint density at radius 3 is 2.59 bits per heavy atom. The molecular formula is C23H16ClN3O5. The zero-order chi connectivity index (χ0) is 22.7. The number of benzene rings is 3. The Labute approximate surface area is 187 Å². The van der Waals surface area contributed by atoms with Crippen LogP contribution in [-0.2, 0) is 0 Å². The average Bonchev–Trinajstić information content (AvgIpc) is 2.80. The van der Waals surface area contributed by atoms with E-state index in [-0.39, 0.29) is 33.9 Å². The first-order valence-electron chi connectivity index (χ1n) is 9.41. The number of nitro benzene ring substituents is 1. The van der Waals surface area contributed by atoms with Gasteiger partial charge in [-0.3, -0.25) is 19.9 Å². The number of nitrogens with zero attached hydrogens (tertiary/aromatic N) is 2. The maximum absolute atomic E-state index is 12.8. The van der Waals surface area contributed by atoms with Crippen LogP contribution in [0.15, 0.2) is 72.9 Å². The second kappa shape index (κ2) is 8.91. The summed E-state index contributed by atoms with van der Waals surface area (Å²) < 4.78 is 11.0. The molecule has 0 bridgehead atoms. The van der Waals surface area contributed by atoms with Gasteiger partial charge in [0.1, 0.15) is 0 Å². The van der Waals surface area contributed by atoms with Crippen molar-refractivity contribution < 1.29 is 19.2 Å². The van der Waals surface area contributed by atoms with Crippen molar-refractivity contribution in [3.8, 4) is 17.2 Å². The lowest BCUT2D eigenvalue weighted by Crippen LogP contribution is -2.12. The number of hydrogen-bond acceptors (Lipinski definition) is 6. The Hall–Kier alpha value is -4.17. The number of fused-ring (bicyclic) bond motifs is 1. The molecule has 0 atom stereocenters. The standard InChI is InChI=1S/C23H16ClN3O5/c1-31-21-12-15(23(28)26-17-6-2-4-14-5-3-11-25-22(14)17)7-9-20(21)32-19-10-8-16(24)13-18(19)27(29)30/h2-13H,1H3,(H,26,28). The van der Waals surface area contributed by atoms with E-state index in [2.05, 4.69) is 10.3 Å². The van der Waals surface area contributed by atoms with Crippen molar-refractivity contribution >= 4 is 39.8 Å². The normalized spacial score (nSPS) is 10.6. The fraction of sp³-hybridized carbons (Fsp3) is 0.0435. The lowest BCUT2D eigenvalue weighted by Gasteiger charge is -2.13. The summed E-state index contributed by atoms with van der Waals surface area (Å²) in [5.74, 6) is 0.0708. The third kappa shape index (κ3) is 4.30. The second-order valence-corrected chi connectivity index (χ2v) is 7.11. The van der Waals surface area contributed by atoms with Gasteiger partial charge in [-0.1, -0.05) is 29.8 Å². The zero-order valence-corrected chi connectivity index (χ0v) is 17.5. The van der Waals surface area contributed by atoms with E-state index in [9.17, 15) is 14.9 Å². The first kappa shape index (κ1) is 21.1. The first-order valence-corrected chi connectivity index (χ1v) is 9.79. The third-order valence-electron chi connectivity index (χ3n) is 4.64. The highest BCUT2D eigenvalue weighted by molar-refractivity contribution is 6.30. The molecule has 32 heavy (non-hydrogen) atoms. The van der Waals surface area contributed by atoms with Gasteiger partial charge in [-0.25, -0.2) is 0 Å². The van der Waals surface area contributed by atoms with E-state index in [1.807, 2.05) is 24.3 Å². The Balaban J connectivity index is 1.61. The van der Waals surface area contributed by atoms with E-state index in [0.29, 0.717) is 16.8 Å². The molecule has 3 aromatic carbocycles. The molecule has 4 rings (SSSR count). The lowest BCUT2D eigenvalue weighted by atomic mass is 10.1. The monoisotopic (exact) mass is 449 g/mol. The number of para-hydroxylation sites is 1. The van der Waals surface area contributed by atoms with Crippen molar-refractivity contribution in [1.29, 1.82) is 0 Å². The summed E-state index contributed by atoms with van der Waals surface area (Å²) >= 11 is 5.85. The number of rotatable bonds is 6. The predicted molar refractivity (Wildman–Crippen MR) is 121 cm³/mol. The molecule has 0 aliphatic carbocycles. The molecule has 1 aromatic heterocycles. The fourth-order valence-electron chi connectivity index (χ4n) is 3.13. The number of hydrogen-bond donors (Lipinski definition) is 1. The molecule has 0 fully saturated rings. The molecule has 1 heterocycles. The molecule has 0 spiro atoms. The molecule has 0 radical (unpaired) electrons. The number of nitro groups is 1. The molecule has 160 valence electrons. The topological polar surface area (TPSA) is 104 Å². The van der Waals surface area contributed by atoms with Crippen LogP contribution < -0.4 is 14.8 Å². The van der Waals surface area contributed by atoms with Crippen LogP contribution in [0.4, 0.5) is 11.4 Å². The van der Waals surface area contributed by atoms with Crippen LogP contribution >= 0.6 is 11.6 Å². The number of pyridine rings is 1. The largest absolute Gasteiger partial charge is 0.493 e. The Morgan fingerprint density at radius 1 is 1.03 bits per heavy atom. The van der Waals surface area contributed by atoms with Crippen LogP contribution in [0.2, 0.25) is 5.02 Å². The van der Waals surface area contributed by atoms with Gasteiger partial charge >= 0.3 is 5.69 Å². The van der Waals surface area contributed by atoms with Crippen molar-refractivity contribution in [2.24, 2.45) is 0 Å². The molecule has 0 saturated carbocycles. The van der Waals surface area contributed by atoms with E-state index in [1.54, 1.807) is 12.3 Å². The van der Waals surface area contributed by atoms with Gasteiger partial charge in [0.05, 0.1) is 23.2 Å². The molecule has 8 nitrogen and oxygen atoms in total.